The number of fused-ring (bicyclic) bond motifs is 19. The van der Waals surface area contributed by atoms with Crippen molar-refractivity contribution in [2.75, 3.05) is 0 Å². The van der Waals surface area contributed by atoms with Gasteiger partial charge in [-0.2, -0.15) is 0 Å². The predicted octanol–water partition coefficient (Wildman–Crippen LogP) is 21.2. The van der Waals surface area contributed by atoms with Crippen molar-refractivity contribution in [1.82, 2.24) is 8.80 Å². The van der Waals surface area contributed by atoms with E-state index in [0.717, 1.165) is 21.9 Å². The Kier molecular flexibility index (Phi) is 7.99. The fourth-order valence-corrected chi connectivity index (χ4v) is 14.0. The fraction of sp³-hybridized carbons (Fsp3) is 0. The highest BCUT2D eigenvalue weighted by atomic mass is 16.3. The van der Waals surface area contributed by atoms with E-state index in [1.165, 1.54) is 164 Å². The molecule has 0 atom stereocenters. The maximum atomic E-state index is 6.29. The van der Waals surface area contributed by atoms with E-state index in [-0.39, 0.29) is 0 Å². The molecule has 0 amide bonds. The van der Waals surface area contributed by atoms with Gasteiger partial charge in [-0.05, 0) is 191 Å². The van der Waals surface area contributed by atoms with Crippen LogP contribution >= 0.6 is 0 Å². The Labute approximate surface area is 451 Å². The highest BCUT2D eigenvalue weighted by molar-refractivity contribution is 6.29. The first-order chi connectivity index (χ1) is 39.1. The minimum absolute atomic E-state index is 0.910. The summed E-state index contributed by atoms with van der Waals surface area (Å²) < 4.78 is 11.3. The molecule has 0 aliphatic carbocycles. The zero-order valence-electron chi connectivity index (χ0n) is 42.6. The summed E-state index contributed by atoms with van der Waals surface area (Å²) >= 11 is 0. The van der Waals surface area contributed by atoms with Gasteiger partial charge in [0.05, 0.1) is 33.1 Å². The van der Waals surface area contributed by atoms with E-state index in [2.05, 4.69) is 258 Å². The average Bonchev–Trinajstić information content (AvgIpc) is 3.73. The summed E-state index contributed by atoms with van der Waals surface area (Å²) in [4.78, 5) is 0. The molecule has 0 saturated carbocycles. The van der Waals surface area contributed by atoms with Crippen LogP contribution < -0.4 is 0 Å². The molecule has 79 heavy (non-hydrogen) atoms. The van der Waals surface area contributed by atoms with Crippen LogP contribution in [0.15, 0.2) is 259 Å². The Morgan fingerprint density at radius 2 is 0.532 bits per heavy atom. The van der Waals surface area contributed by atoms with Gasteiger partial charge in [-0.25, -0.2) is 0 Å². The van der Waals surface area contributed by atoms with Gasteiger partial charge in [-0.15, -0.1) is 0 Å². The number of benzene rings is 14. The topological polar surface area (TPSA) is 22.0 Å². The lowest BCUT2D eigenvalue weighted by Gasteiger charge is -2.09. The molecule has 3 heteroatoms. The first kappa shape index (κ1) is 41.7. The van der Waals surface area contributed by atoms with E-state index in [1.807, 2.05) is 6.07 Å². The standard InChI is InChI=1S/C76H42N2O/c1-2-10-43(11-3-1)44-18-20-45(21-19-44)57-35-65-60-30-46-12-4-6-14-48(46)39-69(60)77-71-41-53-24-22-50(28-55(53)33-62(71)66(36-57)75(65)77)51-23-25-54-42-72-63(34-56(54)29-51)68-38-58(52-26-27-74-64(32-52)59-16-8-9-17-73(59)79-74)37-67-61-31-47-13-5-7-15-49(47)40-70(61)78(72)76(67)68/h1-42H. The molecular weight excluding hydrogens is 957 g/mol. The van der Waals surface area contributed by atoms with Crippen LogP contribution in [0.4, 0.5) is 0 Å². The summed E-state index contributed by atoms with van der Waals surface area (Å²) in [5, 5.41) is 22.4. The van der Waals surface area contributed by atoms with Gasteiger partial charge in [-0.1, -0.05) is 152 Å². The normalized spacial score (nSPS) is 12.6. The summed E-state index contributed by atoms with van der Waals surface area (Å²) in [6.45, 7) is 0. The number of hydrogen-bond acceptors (Lipinski definition) is 1. The highest BCUT2D eigenvalue weighted by Crippen LogP contribution is 2.47. The van der Waals surface area contributed by atoms with Crippen molar-refractivity contribution < 1.29 is 4.42 Å². The summed E-state index contributed by atoms with van der Waals surface area (Å²) in [7, 11) is 0. The molecule has 0 fully saturated rings. The molecule has 19 rings (SSSR count). The SMILES string of the molecule is c1ccc(-c2ccc(-c3cc4c5cc6ccccc6cc5n5c6cc7ccc(-c8ccc9cc%10c(cc9c8)c8cc(-c9ccc%11oc%12ccccc%12c%11c9)cc9c%11cc%12ccccc%12cc%11n%10c98)cc7cc6c(c3)c45)cc2)cc1. The Balaban J connectivity index is 0.790. The van der Waals surface area contributed by atoms with Crippen molar-refractivity contribution in [2.24, 2.45) is 0 Å². The van der Waals surface area contributed by atoms with Crippen LogP contribution in [-0.2, 0) is 0 Å². The Morgan fingerprint density at radius 3 is 1.05 bits per heavy atom. The Bertz CT molecular complexity index is 5840. The number of rotatable bonds is 4. The minimum Gasteiger partial charge on any atom is -0.456 e. The molecule has 0 aliphatic heterocycles. The van der Waals surface area contributed by atoms with Crippen LogP contribution in [0.1, 0.15) is 0 Å². The van der Waals surface area contributed by atoms with Gasteiger partial charge >= 0.3 is 0 Å². The third-order valence-electron chi connectivity index (χ3n) is 17.8. The lowest BCUT2D eigenvalue weighted by atomic mass is 9.95. The van der Waals surface area contributed by atoms with Crippen LogP contribution in [0, 0.1) is 0 Å². The molecule has 0 spiro atoms. The van der Waals surface area contributed by atoms with E-state index in [4.69, 9.17) is 4.42 Å². The monoisotopic (exact) mass is 998 g/mol. The fourth-order valence-electron chi connectivity index (χ4n) is 14.0. The number of nitrogens with zero attached hydrogens (tertiary/aromatic N) is 2. The zero-order chi connectivity index (χ0) is 51.2. The van der Waals surface area contributed by atoms with Crippen molar-refractivity contribution in [3.63, 3.8) is 0 Å². The van der Waals surface area contributed by atoms with Crippen molar-refractivity contribution in [2.45, 2.75) is 0 Å². The Morgan fingerprint density at radius 1 is 0.190 bits per heavy atom. The van der Waals surface area contributed by atoms with Gasteiger partial charge in [0.25, 0.3) is 0 Å². The molecular formula is C76H42N2O. The molecule has 5 heterocycles. The summed E-state index contributed by atoms with van der Waals surface area (Å²) in [5.41, 5.74) is 19.0. The zero-order valence-corrected chi connectivity index (χ0v) is 42.6. The van der Waals surface area contributed by atoms with Crippen molar-refractivity contribution in [1.29, 1.82) is 0 Å². The summed E-state index contributed by atoms with van der Waals surface area (Å²) in [6.07, 6.45) is 0. The molecule has 0 unspecified atom stereocenters. The molecule has 0 saturated heterocycles. The van der Waals surface area contributed by atoms with E-state index < -0.39 is 0 Å². The number of furan rings is 1. The van der Waals surface area contributed by atoms with Gasteiger partial charge < -0.3 is 13.2 Å². The van der Waals surface area contributed by atoms with Gasteiger partial charge in [0.2, 0.25) is 0 Å². The second-order valence-corrected chi connectivity index (χ2v) is 22.1. The van der Waals surface area contributed by atoms with Crippen LogP contribution in [-0.4, -0.2) is 8.80 Å². The summed E-state index contributed by atoms with van der Waals surface area (Å²) in [6, 6.07) is 95.4. The lowest BCUT2D eigenvalue weighted by molar-refractivity contribution is 0.669. The number of aromatic nitrogens is 2. The van der Waals surface area contributed by atoms with Crippen LogP contribution in [0.2, 0.25) is 0 Å². The average molecular weight is 999 g/mol. The second-order valence-electron chi connectivity index (χ2n) is 22.1. The van der Waals surface area contributed by atoms with E-state index in [1.54, 1.807) is 0 Å². The third-order valence-corrected chi connectivity index (χ3v) is 17.8. The first-order valence-electron chi connectivity index (χ1n) is 27.4. The van der Waals surface area contributed by atoms with Gasteiger partial charge in [0, 0.05) is 53.9 Å². The molecule has 0 aliphatic rings. The number of para-hydroxylation sites is 1. The first-order valence-corrected chi connectivity index (χ1v) is 27.4. The molecule has 14 aromatic carbocycles. The molecule has 5 aromatic heterocycles. The Hall–Kier alpha value is -10.5. The van der Waals surface area contributed by atoms with E-state index in [9.17, 15) is 0 Å². The van der Waals surface area contributed by atoms with Gasteiger partial charge in [-0.3, -0.25) is 0 Å². The highest BCUT2D eigenvalue weighted by Gasteiger charge is 2.23. The van der Waals surface area contributed by atoms with Crippen molar-refractivity contribution >= 4 is 141 Å². The second kappa shape index (κ2) is 15.1. The quantitative estimate of drug-likeness (QED) is 0.172. The van der Waals surface area contributed by atoms with E-state index >= 15 is 0 Å². The van der Waals surface area contributed by atoms with Crippen LogP contribution in [0.3, 0.4) is 0 Å². The van der Waals surface area contributed by atoms with Crippen LogP contribution in [0.25, 0.3) is 186 Å². The predicted molar refractivity (Wildman–Crippen MR) is 335 cm³/mol. The third kappa shape index (κ3) is 5.80. The minimum atomic E-state index is 0.910. The number of hydrogen-bond donors (Lipinski definition) is 0. The van der Waals surface area contributed by atoms with Crippen molar-refractivity contribution in [3.05, 3.63) is 255 Å². The summed E-state index contributed by atoms with van der Waals surface area (Å²) in [5.74, 6) is 0. The molecule has 0 N–H and O–H groups in total. The molecule has 362 valence electrons. The maximum absolute atomic E-state index is 6.29. The largest absolute Gasteiger partial charge is 0.456 e. The van der Waals surface area contributed by atoms with Crippen LogP contribution in [0.5, 0.6) is 0 Å². The van der Waals surface area contributed by atoms with Crippen molar-refractivity contribution in [3.8, 4) is 44.5 Å². The molecule has 19 aromatic rings. The maximum Gasteiger partial charge on any atom is 0.135 e. The lowest BCUT2D eigenvalue weighted by Crippen LogP contribution is -1.85. The van der Waals surface area contributed by atoms with E-state index in [0.29, 0.717) is 0 Å². The smallest absolute Gasteiger partial charge is 0.135 e. The van der Waals surface area contributed by atoms with Gasteiger partial charge in [0.15, 0.2) is 0 Å². The molecule has 0 radical (unpaired) electrons. The molecule has 0 bridgehead atoms. The molecule has 3 nitrogen and oxygen atoms in total. The van der Waals surface area contributed by atoms with Gasteiger partial charge in [0.1, 0.15) is 11.2 Å².